The van der Waals surface area contributed by atoms with Crippen LogP contribution >= 0.6 is 11.6 Å². The highest BCUT2D eigenvalue weighted by atomic mass is 35.5. The highest BCUT2D eigenvalue weighted by molar-refractivity contribution is 6.30. The second-order valence-corrected chi connectivity index (χ2v) is 7.03. The van der Waals surface area contributed by atoms with Gasteiger partial charge in [0.15, 0.2) is 0 Å². The molecule has 0 saturated heterocycles. The molecule has 2 heteroatoms. The van der Waals surface area contributed by atoms with Crippen molar-refractivity contribution in [3.63, 3.8) is 0 Å². The van der Waals surface area contributed by atoms with Crippen molar-refractivity contribution >= 4 is 11.6 Å². The van der Waals surface area contributed by atoms with Gasteiger partial charge in [-0.25, -0.2) is 0 Å². The second-order valence-electron chi connectivity index (χ2n) is 6.59. The van der Waals surface area contributed by atoms with Crippen molar-refractivity contribution in [1.29, 1.82) is 0 Å². The number of rotatable bonds is 2. The number of halogens is 1. The fourth-order valence-corrected chi connectivity index (χ4v) is 3.83. The predicted molar refractivity (Wildman–Crippen MR) is 77.1 cm³/mol. The number of benzene rings is 1. The molecule has 98 valence electrons. The molecule has 0 aliphatic heterocycles. The quantitative estimate of drug-likeness (QED) is 0.829. The van der Waals surface area contributed by atoms with Crippen LogP contribution in [0.3, 0.4) is 0 Å². The van der Waals surface area contributed by atoms with Crippen LogP contribution in [-0.4, -0.2) is 6.04 Å². The van der Waals surface area contributed by atoms with Gasteiger partial charge in [-0.1, -0.05) is 44.4 Å². The van der Waals surface area contributed by atoms with Crippen molar-refractivity contribution in [2.45, 2.75) is 58.0 Å². The fraction of sp³-hybridized carbons (Fsp3) is 0.625. The zero-order valence-electron chi connectivity index (χ0n) is 11.3. The summed E-state index contributed by atoms with van der Waals surface area (Å²) in [6.45, 7) is 4.74. The van der Waals surface area contributed by atoms with Crippen molar-refractivity contribution in [2.24, 2.45) is 5.41 Å². The summed E-state index contributed by atoms with van der Waals surface area (Å²) in [5.74, 6) is 0. The normalized spacial score (nSPS) is 26.5. The van der Waals surface area contributed by atoms with Crippen LogP contribution in [0.15, 0.2) is 18.2 Å². The van der Waals surface area contributed by atoms with Gasteiger partial charge in [0.25, 0.3) is 0 Å². The van der Waals surface area contributed by atoms with Crippen molar-refractivity contribution in [3.8, 4) is 0 Å². The molecule has 2 aliphatic rings. The van der Waals surface area contributed by atoms with E-state index in [1.165, 1.54) is 36.8 Å². The van der Waals surface area contributed by atoms with Crippen molar-refractivity contribution in [2.75, 3.05) is 0 Å². The van der Waals surface area contributed by atoms with Gasteiger partial charge in [0.05, 0.1) is 0 Å². The highest BCUT2D eigenvalue weighted by Crippen LogP contribution is 2.46. The van der Waals surface area contributed by atoms with Crippen molar-refractivity contribution in [3.05, 3.63) is 34.3 Å². The molecule has 3 rings (SSSR count). The van der Waals surface area contributed by atoms with Gasteiger partial charge in [-0.3, -0.25) is 0 Å². The van der Waals surface area contributed by atoms with Crippen LogP contribution in [0.2, 0.25) is 5.02 Å². The number of hydrogen-bond acceptors (Lipinski definition) is 1. The molecule has 1 fully saturated rings. The van der Waals surface area contributed by atoms with Gasteiger partial charge in [-0.15, -0.1) is 0 Å². The molecule has 0 amide bonds. The van der Waals surface area contributed by atoms with Crippen LogP contribution in [0.4, 0.5) is 0 Å². The third kappa shape index (κ3) is 2.19. The summed E-state index contributed by atoms with van der Waals surface area (Å²) in [4.78, 5) is 0. The summed E-state index contributed by atoms with van der Waals surface area (Å²) in [7, 11) is 0. The number of hydrogen-bond donors (Lipinski definition) is 1. The first kappa shape index (κ1) is 12.5. The maximum absolute atomic E-state index is 6.17. The average Bonchev–Trinajstić information content (AvgIpc) is 2.88. The summed E-state index contributed by atoms with van der Waals surface area (Å²) in [5.41, 5.74) is 3.20. The Morgan fingerprint density at radius 3 is 2.67 bits per heavy atom. The van der Waals surface area contributed by atoms with E-state index in [-0.39, 0.29) is 0 Å². The number of fused-ring (bicyclic) bond motifs is 1. The summed E-state index contributed by atoms with van der Waals surface area (Å²) >= 11 is 6.17. The minimum absolute atomic E-state index is 0.301. The largest absolute Gasteiger partial charge is 0.307 e. The van der Waals surface area contributed by atoms with Crippen LogP contribution in [0.5, 0.6) is 0 Å². The summed E-state index contributed by atoms with van der Waals surface area (Å²) in [6, 6.07) is 7.57. The monoisotopic (exact) mass is 263 g/mol. The van der Waals surface area contributed by atoms with Gasteiger partial charge in [0.2, 0.25) is 0 Å². The Morgan fingerprint density at radius 1 is 1.22 bits per heavy atom. The van der Waals surface area contributed by atoms with Crippen LogP contribution < -0.4 is 5.32 Å². The van der Waals surface area contributed by atoms with Gasteiger partial charge in [-0.05, 0) is 47.9 Å². The molecular formula is C16H22ClN. The van der Waals surface area contributed by atoms with E-state index in [1.54, 1.807) is 0 Å². The summed E-state index contributed by atoms with van der Waals surface area (Å²) in [5, 5.41) is 4.76. The molecule has 2 aliphatic carbocycles. The smallest absolute Gasteiger partial charge is 0.0409 e. The van der Waals surface area contributed by atoms with Gasteiger partial charge >= 0.3 is 0 Å². The molecule has 0 heterocycles. The lowest BCUT2D eigenvalue weighted by molar-refractivity contribution is 0.248. The van der Waals surface area contributed by atoms with E-state index in [9.17, 15) is 0 Å². The molecule has 18 heavy (non-hydrogen) atoms. The lowest BCUT2D eigenvalue weighted by atomic mass is 9.85. The third-order valence-corrected chi connectivity index (χ3v) is 4.84. The van der Waals surface area contributed by atoms with Gasteiger partial charge in [0.1, 0.15) is 0 Å². The minimum atomic E-state index is 0.301. The first-order valence-corrected chi connectivity index (χ1v) is 7.48. The van der Waals surface area contributed by atoms with Crippen molar-refractivity contribution < 1.29 is 0 Å². The Kier molecular flexibility index (Phi) is 3.15. The fourth-order valence-electron chi connectivity index (χ4n) is 3.65. The average molecular weight is 264 g/mol. The van der Waals surface area contributed by atoms with Gasteiger partial charge in [-0.2, -0.15) is 0 Å². The molecule has 1 saturated carbocycles. The molecule has 1 aromatic carbocycles. The van der Waals surface area contributed by atoms with Crippen LogP contribution in [0.1, 0.15) is 56.7 Å². The second kappa shape index (κ2) is 4.54. The molecule has 1 aromatic rings. The van der Waals surface area contributed by atoms with Crippen LogP contribution in [0, 0.1) is 5.41 Å². The molecule has 1 unspecified atom stereocenters. The maximum atomic E-state index is 6.17. The Morgan fingerprint density at radius 2 is 1.94 bits per heavy atom. The molecular weight excluding hydrogens is 242 g/mol. The summed E-state index contributed by atoms with van der Waals surface area (Å²) < 4.78 is 0. The standard InChI is InChI=1S/C16H22ClN/c1-16(2)10-11-7-8-12(17)9-14(11)15(16)18-13-5-3-4-6-13/h7-9,13,15,18H,3-6,10H2,1-2H3. The molecule has 0 aromatic heterocycles. The van der Waals surface area contributed by atoms with E-state index < -0.39 is 0 Å². The van der Waals surface area contributed by atoms with E-state index >= 15 is 0 Å². The van der Waals surface area contributed by atoms with E-state index in [0.717, 1.165) is 11.4 Å². The predicted octanol–water partition coefficient (Wildman–Crippen LogP) is 4.50. The Hall–Kier alpha value is -0.530. The highest BCUT2D eigenvalue weighted by Gasteiger charge is 2.40. The third-order valence-electron chi connectivity index (χ3n) is 4.60. The maximum Gasteiger partial charge on any atom is 0.0409 e. The van der Waals surface area contributed by atoms with Crippen LogP contribution in [-0.2, 0) is 6.42 Å². The van der Waals surface area contributed by atoms with E-state index in [4.69, 9.17) is 11.6 Å². The van der Waals surface area contributed by atoms with E-state index in [2.05, 4.69) is 31.3 Å². The Bertz CT molecular complexity index is 446. The first-order chi connectivity index (χ1) is 8.56. The molecule has 1 atom stereocenters. The number of nitrogens with one attached hydrogen (secondary N) is 1. The first-order valence-electron chi connectivity index (χ1n) is 7.11. The minimum Gasteiger partial charge on any atom is -0.307 e. The summed E-state index contributed by atoms with van der Waals surface area (Å²) in [6.07, 6.45) is 6.59. The Balaban J connectivity index is 1.89. The van der Waals surface area contributed by atoms with Crippen LogP contribution in [0.25, 0.3) is 0 Å². The molecule has 0 spiro atoms. The lowest BCUT2D eigenvalue weighted by Gasteiger charge is -2.31. The zero-order chi connectivity index (χ0) is 12.8. The van der Waals surface area contributed by atoms with E-state index in [0.29, 0.717) is 17.5 Å². The zero-order valence-corrected chi connectivity index (χ0v) is 12.1. The SMILES string of the molecule is CC1(C)Cc2ccc(Cl)cc2C1NC1CCCC1. The van der Waals surface area contributed by atoms with Gasteiger partial charge < -0.3 is 5.32 Å². The topological polar surface area (TPSA) is 12.0 Å². The van der Waals surface area contributed by atoms with Gasteiger partial charge in [0, 0.05) is 17.1 Å². The molecule has 0 radical (unpaired) electrons. The molecule has 1 N–H and O–H groups in total. The molecule has 0 bridgehead atoms. The van der Waals surface area contributed by atoms with E-state index in [1.807, 2.05) is 6.07 Å². The molecule has 1 nitrogen and oxygen atoms in total. The van der Waals surface area contributed by atoms with Crippen molar-refractivity contribution in [1.82, 2.24) is 5.32 Å². The lowest BCUT2D eigenvalue weighted by Crippen LogP contribution is -2.37. The Labute approximate surface area is 115 Å².